The van der Waals surface area contributed by atoms with Gasteiger partial charge in [-0.3, -0.25) is 0 Å². The third kappa shape index (κ3) is 5.59. The van der Waals surface area contributed by atoms with E-state index in [0.717, 1.165) is 5.92 Å². The molecule has 74 valence electrons. The third-order valence-electron chi connectivity index (χ3n) is 2.54. The summed E-state index contributed by atoms with van der Waals surface area (Å²) in [6.45, 7) is 11.3. The van der Waals surface area contributed by atoms with Crippen molar-refractivity contribution in [3.8, 4) is 0 Å². The van der Waals surface area contributed by atoms with Crippen LogP contribution in [0.25, 0.3) is 0 Å². The van der Waals surface area contributed by atoms with Gasteiger partial charge in [0.2, 0.25) is 0 Å². The van der Waals surface area contributed by atoms with E-state index in [0.29, 0.717) is 12.1 Å². The maximum absolute atomic E-state index is 3.61. The second-order valence-electron chi connectivity index (χ2n) is 4.24. The van der Waals surface area contributed by atoms with Gasteiger partial charge in [-0.2, -0.15) is 0 Å². The van der Waals surface area contributed by atoms with Gasteiger partial charge in [0.15, 0.2) is 0 Å². The molecule has 1 N–H and O–H groups in total. The number of unbranched alkanes of at least 4 members (excludes halogenated alkanes) is 1. The first-order valence-electron chi connectivity index (χ1n) is 5.34. The average Bonchev–Trinajstić information content (AvgIpc) is 2.00. The molecule has 0 aliphatic rings. The van der Waals surface area contributed by atoms with E-state index in [1.807, 2.05) is 0 Å². The molecule has 0 rings (SSSR count). The molecule has 0 aliphatic carbocycles. The molecule has 0 fully saturated rings. The molecular formula is C11H25N. The van der Waals surface area contributed by atoms with Crippen LogP contribution in [0.15, 0.2) is 0 Å². The maximum atomic E-state index is 3.61. The molecule has 0 aromatic rings. The first kappa shape index (κ1) is 12.0. The minimum atomic E-state index is 0.650. The predicted octanol–water partition coefficient (Wildman–Crippen LogP) is 3.20. The van der Waals surface area contributed by atoms with Crippen molar-refractivity contribution in [3.63, 3.8) is 0 Å². The molecule has 12 heavy (non-hydrogen) atoms. The van der Waals surface area contributed by atoms with Crippen LogP contribution in [0.5, 0.6) is 0 Å². The summed E-state index contributed by atoms with van der Waals surface area (Å²) in [5, 5.41) is 3.61. The van der Waals surface area contributed by atoms with Gasteiger partial charge in [-0.05, 0) is 26.2 Å². The molecule has 0 aromatic heterocycles. The fraction of sp³-hybridized carbons (Fsp3) is 1.00. The quantitative estimate of drug-likeness (QED) is 0.647. The van der Waals surface area contributed by atoms with Crippen LogP contribution < -0.4 is 5.32 Å². The summed E-state index contributed by atoms with van der Waals surface area (Å²) in [4.78, 5) is 0. The smallest absolute Gasteiger partial charge is 0.00642 e. The van der Waals surface area contributed by atoms with Gasteiger partial charge in [0.05, 0.1) is 0 Å². The molecule has 2 unspecified atom stereocenters. The summed E-state index contributed by atoms with van der Waals surface area (Å²) in [5.41, 5.74) is 0. The lowest BCUT2D eigenvalue weighted by Gasteiger charge is -2.22. The number of hydrogen-bond acceptors (Lipinski definition) is 1. The average molecular weight is 171 g/mol. The third-order valence-corrected chi connectivity index (χ3v) is 2.54. The van der Waals surface area contributed by atoms with Gasteiger partial charge in [0.25, 0.3) is 0 Å². The zero-order valence-electron chi connectivity index (χ0n) is 9.35. The SMILES string of the molecule is CCCCC(C)NC(C)C(C)C. The normalized spacial score (nSPS) is 16.5. The van der Waals surface area contributed by atoms with Crippen molar-refractivity contribution in [2.45, 2.75) is 66.0 Å². The van der Waals surface area contributed by atoms with Gasteiger partial charge < -0.3 is 5.32 Å². The highest BCUT2D eigenvalue weighted by Crippen LogP contribution is 2.05. The highest BCUT2D eigenvalue weighted by molar-refractivity contribution is 4.69. The highest BCUT2D eigenvalue weighted by atomic mass is 14.9. The Morgan fingerprint density at radius 3 is 2.08 bits per heavy atom. The van der Waals surface area contributed by atoms with E-state index < -0.39 is 0 Å². The lowest BCUT2D eigenvalue weighted by Crippen LogP contribution is -2.37. The highest BCUT2D eigenvalue weighted by Gasteiger charge is 2.09. The molecule has 0 aliphatic heterocycles. The largest absolute Gasteiger partial charge is 0.312 e. The van der Waals surface area contributed by atoms with E-state index in [4.69, 9.17) is 0 Å². The summed E-state index contributed by atoms with van der Waals surface area (Å²) < 4.78 is 0. The monoisotopic (exact) mass is 171 g/mol. The molecule has 0 saturated carbocycles. The molecule has 1 heteroatoms. The van der Waals surface area contributed by atoms with Gasteiger partial charge >= 0.3 is 0 Å². The van der Waals surface area contributed by atoms with Gasteiger partial charge in [-0.15, -0.1) is 0 Å². The fourth-order valence-corrected chi connectivity index (χ4v) is 1.23. The molecular weight excluding hydrogens is 146 g/mol. The molecule has 0 saturated heterocycles. The van der Waals surface area contributed by atoms with Crippen LogP contribution in [-0.4, -0.2) is 12.1 Å². The van der Waals surface area contributed by atoms with Crippen molar-refractivity contribution >= 4 is 0 Å². The number of nitrogens with one attached hydrogen (secondary N) is 1. The van der Waals surface area contributed by atoms with E-state index in [2.05, 4.69) is 39.9 Å². The Labute approximate surface area is 77.9 Å². The molecule has 0 amide bonds. The molecule has 1 nitrogen and oxygen atoms in total. The summed E-state index contributed by atoms with van der Waals surface area (Å²) in [7, 11) is 0. The maximum Gasteiger partial charge on any atom is 0.00642 e. The van der Waals surface area contributed by atoms with Crippen LogP contribution in [-0.2, 0) is 0 Å². The lowest BCUT2D eigenvalue weighted by molar-refractivity contribution is 0.368. The standard InChI is InChI=1S/C11H25N/c1-6-7-8-10(4)12-11(5)9(2)3/h9-12H,6-8H2,1-5H3. The molecule has 0 spiro atoms. The van der Waals surface area contributed by atoms with Crippen LogP contribution in [0.4, 0.5) is 0 Å². The molecule has 2 atom stereocenters. The van der Waals surface area contributed by atoms with Crippen molar-refractivity contribution in [1.82, 2.24) is 5.32 Å². The summed E-state index contributed by atoms with van der Waals surface area (Å²) in [5.74, 6) is 0.745. The Morgan fingerprint density at radius 2 is 1.67 bits per heavy atom. The van der Waals surface area contributed by atoms with Gasteiger partial charge in [0, 0.05) is 12.1 Å². The summed E-state index contributed by atoms with van der Waals surface area (Å²) in [6.07, 6.45) is 3.97. The Hall–Kier alpha value is -0.0400. The zero-order valence-corrected chi connectivity index (χ0v) is 9.35. The minimum absolute atomic E-state index is 0.650. The van der Waals surface area contributed by atoms with E-state index >= 15 is 0 Å². The van der Waals surface area contributed by atoms with Crippen LogP contribution in [0.1, 0.15) is 53.9 Å². The molecule has 0 bridgehead atoms. The Kier molecular flexibility index (Phi) is 6.45. The second kappa shape index (κ2) is 6.47. The lowest BCUT2D eigenvalue weighted by atomic mass is 10.0. The van der Waals surface area contributed by atoms with Crippen molar-refractivity contribution in [2.75, 3.05) is 0 Å². The van der Waals surface area contributed by atoms with E-state index in [-0.39, 0.29) is 0 Å². The van der Waals surface area contributed by atoms with Crippen molar-refractivity contribution in [2.24, 2.45) is 5.92 Å². The van der Waals surface area contributed by atoms with Gasteiger partial charge in [-0.25, -0.2) is 0 Å². The Morgan fingerprint density at radius 1 is 1.08 bits per heavy atom. The number of hydrogen-bond donors (Lipinski definition) is 1. The van der Waals surface area contributed by atoms with Gasteiger partial charge in [-0.1, -0.05) is 33.6 Å². The van der Waals surface area contributed by atoms with Crippen molar-refractivity contribution in [1.29, 1.82) is 0 Å². The van der Waals surface area contributed by atoms with Crippen LogP contribution in [0.3, 0.4) is 0 Å². The topological polar surface area (TPSA) is 12.0 Å². The minimum Gasteiger partial charge on any atom is -0.312 e. The number of rotatable bonds is 6. The van der Waals surface area contributed by atoms with E-state index in [9.17, 15) is 0 Å². The van der Waals surface area contributed by atoms with E-state index in [1.165, 1.54) is 19.3 Å². The van der Waals surface area contributed by atoms with Gasteiger partial charge in [0.1, 0.15) is 0 Å². The van der Waals surface area contributed by atoms with Crippen LogP contribution in [0.2, 0.25) is 0 Å². The fourth-order valence-electron chi connectivity index (χ4n) is 1.23. The second-order valence-corrected chi connectivity index (χ2v) is 4.24. The van der Waals surface area contributed by atoms with E-state index in [1.54, 1.807) is 0 Å². The Bertz CT molecular complexity index is 99.2. The summed E-state index contributed by atoms with van der Waals surface area (Å²) >= 11 is 0. The predicted molar refractivity (Wildman–Crippen MR) is 56.4 cm³/mol. The van der Waals surface area contributed by atoms with Crippen molar-refractivity contribution in [3.05, 3.63) is 0 Å². The summed E-state index contributed by atoms with van der Waals surface area (Å²) in [6, 6.07) is 1.33. The molecule has 0 radical (unpaired) electrons. The van der Waals surface area contributed by atoms with Crippen LogP contribution >= 0.6 is 0 Å². The first-order chi connectivity index (χ1) is 5.57. The molecule has 0 aromatic carbocycles. The van der Waals surface area contributed by atoms with Crippen LogP contribution in [0, 0.1) is 5.92 Å². The first-order valence-corrected chi connectivity index (χ1v) is 5.34. The molecule has 0 heterocycles. The zero-order chi connectivity index (χ0) is 9.56. The Balaban J connectivity index is 3.47. The van der Waals surface area contributed by atoms with Crippen molar-refractivity contribution < 1.29 is 0 Å².